The van der Waals surface area contributed by atoms with E-state index in [2.05, 4.69) is 24.5 Å². The molecule has 0 bridgehead atoms. The lowest BCUT2D eigenvalue weighted by atomic mass is 9.69. The van der Waals surface area contributed by atoms with Crippen molar-refractivity contribution in [2.75, 3.05) is 32.8 Å². The van der Waals surface area contributed by atoms with Crippen molar-refractivity contribution in [2.45, 2.75) is 38.0 Å². The van der Waals surface area contributed by atoms with Gasteiger partial charge in [0.05, 0.1) is 6.61 Å². The Morgan fingerprint density at radius 2 is 1.94 bits per heavy atom. The molecule has 92 valence electrons. The molecule has 0 aromatic rings. The van der Waals surface area contributed by atoms with Crippen LogP contribution in [0.1, 0.15) is 26.7 Å². The summed E-state index contributed by atoms with van der Waals surface area (Å²) >= 11 is 0. The first-order valence-corrected chi connectivity index (χ1v) is 6.31. The molecular formula is C12H22N2O2. The van der Waals surface area contributed by atoms with E-state index in [1.165, 1.54) is 0 Å². The zero-order valence-electron chi connectivity index (χ0n) is 10.3. The maximum Gasteiger partial charge on any atom is 0.145 e. The molecule has 4 heteroatoms. The van der Waals surface area contributed by atoms with Gasteiger partial charge in [-0.3, -0.25) is 5.32 Å². The van der Waals surface area contributed by atoms with Gasteiger partial charge in [0.25, 0.3) is 0 Å². The third-order valence-electron chi connectivity index (χ3n) is 4.50. The van der Waals surface area contributed by atoms with Gasteiger partial charge in [-0.05, 0) is 12.8 Å². The fourth-order valence-corrected chi connectivity index (χ4v) is 3.02. The zero-order chi connectivity index (χ0) is 11.3. The van der Waals surface area contributed by atoms with E-state index in [1.54, 1.807) is 0 Å². The van der Waals surface area contributed by atoms with Gasteiger partial charge in [-0.1, -0.05) is 13.8 Å². The molecule has 0 saturated carbocycles. The summed E-state index contributed by atoms with van der Waals surface area (Å²) in [5.74, 6) is 0. The molecular weight excluding hydrogens is 204 g/mol. The zero-order valence-corrected chi connectivity index (χ0v) is 10.3. The molecule has 0 radical (unpaired) electrons. The number of ether oxygens (including phenoxy) is 2. The number of hydrogen-bond acceptors (Lipinski definition) is 4. The fourth-order valence-electron chi connectivity index (χ4n) is 3.02. The molecule has 1 unspecified atom stereocenters. The lowest BCUT2D eigenvalue weighted by molar-refractivity contribution is -0.293. The van der Waals surface area contributed by atoms with Gasteiger partial charge < -0.3 is 14.8 Å². The average Bonchev–Trinajstić information content (AvgIpc) is 2.22. The van der Waals surface area contributed by atoms with E-state index < -0.39 is 0 Å². The van der Waals surface area contributed by atoms with Gasteiger partial charge in [0, 0.05) is 31.7 Å². The predicted octanol–water partition coefficient (Wildman–Crippen LogP) is 0.481. The van der Waals surface area contributed by atoms with Crippen LogP contribution >= 0.6 is 0 Å². The van der Waals surface area contributed by atoms with E-state index in [0.717, 1.165) is 45.7 Å². The highest BCUT2D eigenvalue weighted by molar-refractivity contribution is 5.08. The lowest BCUT2D eigenvalue weighted by Gasteiger charge is -2.60. The third-order valence-corrected chi connectivity index (χ3v) is 4.50. The maximum atomic E-state index is 6.46. The molecule has 3 rings (SSSR count). The summed E-state index contributed by atoms with van der Waals surface area (Å²) in [6.45, 7) is 9.07. The summed E-state index contributed by atoms with van der Waals surface area (Å²) in [6, 6.07) is 0. The Morgan fingerprint density at radius 3 is 2.50 bits per heavy atom. The predicted molar refractivity (Wildman–Crippen MR) is 61.3 cm³/mol. The van der Waals surface area contributed by atoms with Crippen molar-refractivity contribution in [3.8, 4) is 0 Å². The van der Waals surface area contributed by atoms with Crippen molar-refractivity contribution in [3.05, 3.63) is 0 Å². The summed E-state index contributed by atoms with van der Waals surface area (Å²) in [7, 11) is 0. The van der Waals surface area contributed by atoms with Crippen molar-refractivity contribution in [2.24, 2.45) is 5.41 Å². The van der Waals surface area contributed by atoms with Crippen LogP contribution in [0.3, 0.4) is 0 Å². The van der Waals surface area contributed by atoms with Crippen molar-refractivity contribution in [1.82, 2.24) is 10.6 Å². The number of hydrogen-bond donors (Lipinski definition) is 2. The summed E-state index contributed by atoms with van der Waals surface area (Å²) in [4.78, 5) is 0. The van der Waals surface area contributed by atoms with Gasteiger partial charge in [-0.15, -0.1) is 0 Å². The van der Waals surface area contributed by atoms with E-state index in [1.807, 2.05) is 0 Å². The van der Waals surface area contributed by atoms with E-state index in [4.69, 9.17) is 9.47 Å². The summed E-state index contributed by atoms with van der Waals surface area (Å²) < 4.78 is 12.1. The van der Waals surface area contributed by atoms with Gasteiger partial charge in [0.1, 0.15) is 11.3 Å². The van der Waals surface area contributed by atoms with Gasteiger partial charge in [0.15, 0.2) is 0 Å². The summed E-state index contributed by atoms with van der Waals surface area (Å²) in [6.07, 6.45) is 2.25. The van der Waals surface area contributed by atoms with Gasteiger partial charge in [0.2, 0.25) is 0 Å². The largest absolute Gasteiger partial charge is 0.378 e. The Morgan fingerprint density at radius 1 is 1.12 bits per heavy atom. The first-order valence-electron chi connectivity index (χ1n) is 6.31. The van der Waals surface area contributed by atoms with Crippen LogP contribution in [0.15, 0.2) is 0 Å². The molecule has 2 N–H and O–H groups in total. The van der Waals surface area contributed by atoms with Crippen molar-refractivity contribution in [1.29, 1.82) is 0 Å². The SMILES string of the molecule is CC1(C)CNC2(CNC2)OC12CCCOC2. The molecule has 2 spiro atoms. The Balaban J connectivity index is 1.85. The molecule has 0 aromatic heterocycles. The third kappa shape index (κ3) is 1.44. The second-order valence-electron chi connectivity index (χ2n) is 6.09. The second kappa shape index (κ2) is 3.42. The van der Waals surface area contributed by atoms with E-state index >= 15 is 0 Å². The molecule has 1 atom stereocenters. The molecule has 0 amide bonds. The quantitative estimate of drug-likeness (QED) is 0.630. The van der Waals surface area contributed by atoms with Gasteiger partial charge in [-0.25, -0.2) is 0 Å². The van der Waals surface area contributed by atoms with E-state index in [-0.39, 0.29) is 16.7 Å². The van der Waals surface area contributed by atoms with Crippen LogP contribution in [0.2, 0.25) is 0 Å². The van der Waals surface area contributed by atoms with Crippen molar-refractivity contribution in [3.63, 3.8) is 0 Å². The summed E-state index contributed by atoms with van der Waals surface area (Å²) in [5.41, 5.74) is -0.0525. The monoisotopic (exact) mass is 226 g/mol. The smallest absolute Gasteiger partial charge is 0.145 e. The Labute approximate surface area is 97.1 Å². The van der Waals surface area contributed by atoms with Crippen LogP contribution in [-0.4, -0.2) is 44.2 Å². The molecule has 0 aliphatic carbocycles. The molecule has 3 saturated heterocycles. The van der Waals surface area contributed by atoms with Crippen molar-refractivity contribution < 1.29 is 9.47 Å². The molecule has 3 fully saturated rings. The molecule has 3 aliphatic heterocycles. The number of rotatable bonds is 0. The van der Waals surface area contributed by atoms with Crippen LogP contribution in [0.25, 0.3) is 0 Å². The molecule has 16 heavy (non-hydrogen) atoms. The first-order chi connectivity index (χ1) is 7.58. The van der Waals surface area contributed by atoms with Crippen LogP contribution < -0.4 is 10.6 Å². The minimum atomic E-state index is -0.115. The Hall–Kier alpha value is -0.160. The molecule has 3 aliphatic rings. The van der Waals surface area contributed by atoms with Crippen LogP contribution in [0.5, 0.6) is 0 Å². The van der Waals surface area contributed by atoms with Crippen LogP contribution in [0, 0.1) is 5.41 Å². The van der Waals surface area contributed by atoms with E-state index in [0.29, 0.717) is 0 Å². The van der Waals surface area contributed by atoms with Crippen LogP contribution in [0.4, 0.5) is 0 Å². The minimum absolute atomic E-state index is 0.0847. The molecule has 3 heterocycles. The minimum Gasteiger partial charge on any atom is -0.378 e. The highest BCUT2D eigenvalue weighted by Gasteiger charge is 2.57. The second-order valence-corrected chi connectivity index (χ2v) is 6.09. The topological polar surface area (TPSA) is 42.5 Å². The molecule has 0 aromatic carbocycles. The first kappa shape index (κ1) is 11.0. The fraction of sp³-hybridized carbons (Fsp3) is 1.00. The Kier molecular flexibility index (Phi) is 2.34. The van der Waals surface area contributed by atoms with E-state index in [9.17, 15) is 0 Å². The average molecular weight is 226 g/mol. The lowest BCUT2D eigenvalue weighted by Crippen LogP contribution is -2.79. The normalized spacial score (nSPS) is 40.9. The maximum absolute atomic E-state index is 6.46. The number of nitrogens with one attached hydrogen (secondary N) is 2. The molecule has 4 nitrogen and oxygen atoms in total. The highest BCUT2D eigenvalue weighted by atomic mass is 16.6. The van der Waals surface area contributed by atoms with Crippen LogP contribution in [-0.2, 0) is 9.47 Å². The van der Waals surface area contributed by atoms with Gasteiger partial charge >= 0.3 is 0 Å². The Bertz CT molecular complexity index is 281. The van der Waals surface area contributed by atoms with Crippen molar-refractivity contribution >= 4 is 0 Å². The standard InChI is InChI=1S/C12H22N2O2/c1-10(2)6-14-12(7-13-8-12)16-11(10)4-3-5-15-9-11/h13-14H,3-9H2,1-2H3. The van der Waals surface area contributed by atoms with Gasteiger partial charge in [-0.2, -0.15) is 0 Å². The highest BCUT2D eigenvalue weighted by Crippen LogP contribution is 2.46. The summed E-state index contributed by atoms with van der Waals surface area (Å²) in [5, 5.41) is 6.85.